The van der Waals surface area contributed by atoms with Crippen molar-refractivity contribution < 1.29 is 9.53 Å². The Bertz CT molecular complexity index is 559. The number of rotatable bonds is 4. The zero-order valence-corrected chi connectivity index (χ0v) is 11.3. The van der Waals surface area contributed by atoms with Crippen LogP contribution in [-0.2, 0) is 16.0 Å². The molecule has 2 aromatic carbocycles. The van der Waals surface area contributed by atoms with Crippen LogP contribution in [0.25, 0.3) is 11.1 Å². The topological polar surface area (TPSA) is 26.3 Å². The van der Waals surface area contributed by atoms with E-state index < -0.39 is 0 Å². The largest absolute Gasteiger partial charge is 0.469 e. The third-order valence-electron chi connectivity index (χ3n) is 3.28. The van der Waals surface area contributed by atoms with Gasteiger partial charge in [-0.3, -0.25) is 4.79 Å². The van der Waals surface area contributed by atoms with Crippen LogP contribution in [0.5, 0.6) is 0 Å². The van der Waals surface area contributed by atoms with Crippen molar-refractivity contribution in [2.45, 2.75) is 19.8 Å². The second kappa shape index (κ2) is 6.19. The number of hydrogen-bond donors (Lipinski definition) is 0. The first-order chi connectivity index (χ1) is 9.20. The number of aryl methyl sites for hydroxylation is 2. The van der Waals surface area contributed by atoms with Crippen molar-refractivity contribution in [1.29, 1.82) is 0 Å². The molecule has 0 amide bonds. The average molecular weight is 254 g/mol. The predicted molar refractivity (Wildman–Crippen MR) is 77.0 cm³/mol. The molecule has 0 aliphatic heterocycles. The molecule has 0 heterocycles. The van der Waals surface area contributed by atoms with Crippen LogP contribution in [0.15, 0.2) is 48.5 Å². The number of esters is 1. The number of benzene rings is 2. The van der Waals surface area contributed by atoms with E-state index >= 15 is 0 Å². The van der Waals surface area contributed by atoms with Crippen LogP contribution in [0.2, 0.25) is 0 Å². The lowest BCUT2D eigenvalue weighted by Gasteiger charge is -2.08. The van der Waals surface area contributed by atoms with Gasteiger partial charge in [0.15, 0.2) is 0 Å². The molecule has 0 spiro atoms. The lowest BCUT2D eigenvalue weighted by molar-refractivity contribution is -0.140. The molecule has 0 aliphatic rings. The fourth-order valence-corrected chi connectivity index (χ4v) is 2.13. The summed E-state index contributed by atoms with van der Waals surface area (Å²) in [6.07, 6.45) is 1.16. The minimum Gasteiger partial charge on any atom is -0.469 e. The molecule has 0 bridgehead atoms. The van der Waals surface area contributed by atoms with Gasteiger partial charge in [-0.05, 0) is 35.6 Å². The number of carbonyl (C=O) groups excluding carboxylic acids is 1. The highest BCUT2D eigenvalue weighted by Gasteiger charge is 2.05. The third kappa shape index (κ3) is 3.44. The highest BCUT2D eigenvalue weighted by molar-refractivity contribution is 5.70. The summed E-state index contributed by atoms with van der Waals surface area (Å²) in [6.45, 7) is 2.08. The van der Waals surface area contributed by atoms with Crippen LogP contribution >= 0.6 is 0 Å². The summed E-state index contributed by atoms with van der Waals surface area (Å²) in [6, 6.07) is 16.7. The van der Waals surface area contributed by atoms with Gasteiger partial charge in [0.1, 0.15) is 0 Å². The van der Waals surface area contributed by atoms with Crippen molar-refractivity contribution in [3.63, 3.8) is 0 Å². The summed E-state index contributed by atoms with van der Waals surface area (Å²) in [4.78, 5) is 11.2. The summed E-state index contributed by atoms with van der Waals surface area (Å²) < 4.78 is 4.67. The fourth-order valence-electron chi connectivity index (χ4n) is 2.13. The first-order valence-corrected chi connectivity index (χ1v) is 6.42. The Balaban J connectivity index is 2.16. The van der Waals surface area contributed by atoms with Crippen molar-refractivity contribution in [2.24, 2.45) is 0 Å². The van der Waals surface area contributed by atoms with Gasteiger partial charge in [0, 0.05) is 6.42 Å². The molecular formula is C17H18O2. The van der Waals surface area contributed by atoms with E-state index in [2.05, 4.69) is 42.0 Å². The van der Waals surface area contributed by atoms with Gasteiger partial charge in [-0.1, -0.05) is 48.5 Å². The molecule has 0 saturated carbocycles. The second-order valence-corrected chi connectivity index (χ2v) is 4.58. The molecule has 0 aliphatic carbocycles. The Morgan fingerprint density at radius 2 is 1.79 bits per heavy atom. The van der Waals surface area contributed by atoms with Crippen molar-refractivity contribution in [2.75, 3.05) is 7.11 Å². The van der Waals surface area contributed by atoms with E-state index in [9.17, 15) is 4.79 Å². The minimum absolute atomic E-state index is 0.161. The summed E-state index contributed by atoms with van der Waals surface area (Å²) in [5.41, 5.74) is 4.83. The highest BCUT2D eigenvalue weighted by atomic mass is 16.5. The van der Waals surface area contributed by atoms with Crippen molar-refractivity contribution in [1.82, 2.24) is 0 Å². The Kier molecular flexibility index (Phi) is 4.35. The summed E-state index contributed by atoms with van der Waals surface area (Å²) in [5, 5.41) is 0. The van der Waals surface area contributed by atoms with E-state index in [0.717, 1.165) is 6.42 Å². The Hall–Kier alpha value is -2.09. The van der Waals surface area contributed by atoms with Gasteiger partial charge in [-0.25, -0.2) is 0 Å². The average Bonchev–Trinajstić information content (AvgIpc) is 2.46. The van der Waals surface area contributed by atoms with Gasteiger partial charge < -0.3 is 4.74 Å². The molecule has 2 rings (SSSR count). The second-order valence-electron chi connectivity index (χ2n) is 4.58. The van der Waals surface area contributed by atoms with Crippen LogP contribution in [0.3, 0.4) is 0 Å². The Morgan fingerprint density at radius 3 is 2.42 bits per heavy atom. The van der Waals surface area contributed by atoms with E-state index in [1.54, 1.807) is 0 Å². The summed E-state index contributed by atoms with van der Waals surface area (Å²) in [5.74, 6) is -0.161. The molecule has 0 aromatic heterocycles. The zero-order chi connectivity index (χ0) is 13.7. The normalized spacial score (nSPS) is 10.2. The Labute approximate surface area is 114 Å². The molecule has 0 N–H and O–H groups in total. The van der Waals surface area contributed by atoms with Crippen LogP contribution in [-0.4, -0.2) is 13.1 Å². The first-order valence-electron chi connectivity index (χ1n) is 6.42. The van der Waals surface area contributed by atoms with Gasteiger partial charge in [-0.2, -0.15) is 0 Å². The van der Waals surface area contributed by atoms with E-state index in [-0.39, 0.29) is 5.97 Å². The van der Waals surface area contributed by atoms with Crippen molar-refractivity contribution >= 4 is 5.97 Å². The SMILES string of the molecule is COC(=O)CCc1ccc(-c2ccccc2)cc1C. The molecule has 2 heteroatoms. The van der Waals surface area contributed by atoms with Crippen LogP contribution in [0, 0.1) is 6.92 Å². The van der Waals surface area contributed by atoms with E-state index in [1.165, 1.54) is 29.4 Å². The first kappa shape index (κ1) is 13.3. The van der Waals surface area contributed by atoms with Gasteiger partial charge in [0.25, 0.3) is 0 Å². The van der Waals surface area contributed by atoms with Crippen LogP contribution < -0.4 is 0 Å². The maximum absolute atomic E-state index is 11.2. The van der Waals surface area contributed by atoms with Gasteiger partial charge >= 0.3 is 5.97 Å². The van der Waals surface area contributed by atoms with E-state index in [4.69, 9.17) is 0 Å². The number of hydrogen-bond acceptors (Lipinski definition) is 2. The molecular weight excluding hydrogens is 236 g/mol. The van der Waals surface area contributed by atoms with E-state index in [0.29, 0.717) is 6.42 Å². The molecule has 0 atom stereocenters. The number of ether oxygens (including phenoxy) is 1. The van der Waals surface area contributed by atoms with Crippen molar-refractivity contribution in [3.05, 3.63) is 59.7 Å². The minimum atomic E-state index is -0.161. The molecule has 0 saturated heterocycles. The maximum atomic E-state index is 11.2. The smallest absolute Gasteiger partial charge is 0.305 e. The molecule has 98 valence electrons. The predicted octanol–water partition coefficient (Wildman–Crippen LogP) is 3.77. The quantitative estimate of drug-likeness (QED) is 0.776. The van der Waals surface area contributed by atoms with E-state index in [1.807, 2.05) is 18.2 Å². The maximum Gasteiger partial charge on any atom is 0.305 e. The lowest BCUT2D eigenvalue weighted by atomic mass is 9.97. The number of methoxy groups -OCH3 is 1. The van der Waals surface area contributed by atoms with Crippen molar-refractivity contribution in [3.8, 4) is 11.1 Å². The Morgan fingerprint density at radius 1 is 1.05 bits per heavy atom. The number of carbonyl (C=O) groups is 1. The zero-order valence-electron chi connectivity index (χ0n) is 11.3. The van der Waals surface area contributed by atoms with Gasteiger partial charge in [0.2, 0.25) is 0 Å². The van der Waals surface area contributed by atoms with Crippen LogP contribution in [0.4, 0.5) is 0 Å². The van der Waals surface area contributed by atoms with Gasteiger partial charge in [-0.15, -0.1) is 0 Å². The molecule has 2 nitrogen and oxygen atoms in total. The monoisotopic (exact) mass is 254 g/mol. The molecule has 19 heavy (non-hydrogen) atoms. The third-order valence-corrected chi connectivity index (χ3v) is 3.28. The summed E-state index contributed by atoms with van der Waals surface area (Å²) in [7, 11) is 1.42. The summed E-state index contributed by atoms with van der Waals surface area (Å²) >= 11 is 0. The fraction of sp³-hybridized carbons (Fsp3) is 0.235. The highest BCUT2D eigenvalue weighted by Crippen LogP contribution is 2.22. The van der Waals surface area contributed by atoms with Crippen LogP contribution in [0.1, 0.15) is 17.5 Å². The molecule has 0 radical (unpaired) electrons. The molecule has 0 unspecified atom stereocenters. The molecule has 2 aromatic rings. The lowest BCUT2D eigenvalue weighted by Crippen LogP contribution is -2.02. The molecule has 0 fully saturated rings. The standard InChI is InChI=1S/C17H18O2/c1-13-12-16(15-6-4-3-5-7-15)9-8-14(13)10-11-17(18)19-2/h3-9,12H,10-11H2,1-2H3. The van der Waals surface area contributed by atoms with Gasteiger partial charge in [0.05, 0.1) is 7.11 Å².